The second-order valence-corrected chi connectivity index (χ2v) is 7.78. The van der Waals surface area contributed by atoms with Gasteiger partial charge in [-0.1, -0.05) is 13.3 Å². The average molecular weight is 294 g/mol. The molecule has 0 aromatic heterocycles. The Morgan fingerprint density at radius 2 is 1.90 bits per heavy atom. The maximum absolute atomic E-state index is 5.33. The molecular weight excluding hydrogens is 260 g/mol. The third kappa shape index (κ3) is 3.80. The monoisotopic (exact) mass is 294 g/mol. The quantitative estimate of drug-likeness (QED) is 0.744. The van der Waals surface area contributed by atoms with Gasteiger partial charge in [-0.2, -0.15) is 0 Å². The van der Waals surface area contributed by atoms with Crippen molar-refractivity contribution in [2.45, 2.75) is 82.8 Å². The zero-order valence-electron chi connectivity index (χ0n) is 14.1. The molecule has 2 heterocycles. The molecule has 3 nitrogen and oxygen atoms in total. The van der Waals surface area contributed by atoms with E-state index in [-0.39, 0.29) is 0 Å². The number of hydrogen-bond donors (Lipinski definition) is 1. The summed E-state index contributed by atoms with van der Waals surface area (Å²) in [4.78, 5) is 2.91. The molecule has 122 valence electrons. The van der Waals surface area contributed by atoms with E-state index in [1.54, 1.807) is 0 Å². The summed E-state index contributed by atoms with van der Waals surface area (Å²) >= 11 is 0. The van der Waals surface area contributed by atoms with Crippen molar-refractivity contribution in [3.63, 3.8) is 0 Å². The topological polar surface area (TPSA) is 24.5 Å². The summed E-state index contributed by atoms with van der Waals surface area (Å²) in [6, 6.07) is 2.49. The van der Waals surface area contributed by atoms with Crippen LogP contribution in [0, 0.1) is 5.41 Å². The van der Waals surface area contributed by atoms with Gasteiger partial charge in [-0.25, -0.2) is 0 Å². The number of fused-ring (bicyclic) bond motifs is 2. The zero-order chi connectivity index (χ0) is 14.7. The number of nitrogens with one attached hydrogen (secondary N) is 1. The maximum Gasteiger partial charge on any atom is 0.0468 e. The molecule has 0 aromatic rings. The molecule has 1 N–H and O–H groups in total. The predicted octanol–water partition coefficient (Wildman–Crippen LogP) is 3.19. The Morgan fingerprint density at radius 1 is 1.19 bits per heavy atom. The smallest absolute Gasteiger partial charge is 0.0468 e. The molecular formula is C18H34N2O. The van der Waals surface area contributed by atoms with Crippen molar-refractivity contribution >= 4 is 0 Å². The number of piperidine rings is 2. The minimum Gasteiger partial charge on any atom is -0.385 e. The van der Waals surface area contributed by atoms with Crippen LogP contribution < -0.4 is 5.32 Å². The fraction of sp³-hybridized carbons (Fsp3) is 1.00. The van der Waals surface area contributed by atoms with E-state index in [0.717, 1.165) is 24.7 Å². The van der Waals surface area contributed by atoms with Crippen LogP contribution in [-0.4, -0.2) is 49.8 Å². The van der Waals surface area contributed by atoms with E-state index in [4.69, 9.17) is 4.74 Å². The van der Waals surface area contributed by atoms with Crippen LogP contribution in [0.4, 0.5) is 0 Å². The van der Waals surface area contributed by atoms with Crippen molar-refractivity contribution < 1.29 is 4.74 Å². The maximum atomic E-state index is 5.33. The Balaban J connectivity index is 1.56. The molecule has 2 saturated heterocycles. The largest absolute Gasteiger partial charge is 0.385 e. The summed E-state index contributed by atoms with van der Waals surface area (Å²) < 4.78 is 5.33. The van der Waals surface area contributed by atoms with Gasteiger partial charge in [-0.15, -0.1) is 0 Å². The number of nitrogens with zero attached hydrogens (tertiary/aromatic N) is 1. The summed E-state index contributed by atoms with van der Waals surface area (Å²) in [5.74, 6) is 0. The van der Waals surface area contributed by atoms with E-state index in [2.05, 4.69) is 17.1 Å². The van der Waals surface area contributed by atoms with Crippen LogP contribution in [0.5, 0.6) is 0 Å². The van der Waals surface area contributed by atoms with Crippen molar-refractivity contribution in [1.29, 1.82) is 0 Å². The van der Waals surface area contributed by atoms with Crippen molar-refractivity contribution in [3.05, 3.63) is 0 Å². The highest BCUT2D eigenvalue weighted by Crippen LogP contribution is 2.51. The second-order valence-electron chi connectivity index (χ2n) is 7.78. The van der Waals surface area contributed by atoms with Gasteiger partial charge in [0.25, 0.3) is 0 Å². The molecule has 0 radical (unpaired) electrons. The van der Waals surface area contributed by atoms with Crippen molar-refractivity contribution in [2.24, 2.45) is 5.41 Å². The van der Waals surface area contributed by atoms with Crippen LogP contribution in [0.1, 0.15) is 64.7 Å². The molecule has 0 aromatic carbocycles. The molecule has 2 aliphatic heterocycles. The molecule has 1 aliphatic carbocycles. The lowest BCUT2D eigenvalue weighted by atomic mass is 9.80. The van der Waals surface area contributed by atoms with Gasteiger partial charge >= 0.3 is 0 Å². The Bertz CT molecular complexity index is 315. The van der Waals surface area contributed by atoms with E-state index >= 15 is 0 Å². The number of ether oxygens (including phenoxy) is 1. The molecule has 3 aliphatic rings. The van der Waals surface area contributed by atoms with Crippen LogP contribution in [-0.2, 0) is 4.74 Å². The van der Waals surface area contributed by atoms with E-state index in [0.29, 0.717) is 5.41 Å². The van der Waals surface area contributed by atoms with Crippen molar-refractivity contribution in [3.8, 4) is 0 Å². The summed E-state index contributed by atoms with van der Waals surface area (Å²) in [7, 11) is 1.84. The first-order chi connectivity index (χ1) is 10.3. The van der Waals surface area contributed by atoms with Gasteiger partial charge in [0, 0.05) is 38.4 Å². The van der Waals surface area contributed by atoms with E-state index in [1.165, 1.54) is 70.9 Å². The predicted molar refractivity (Wildman–Crippen MR) is 87.6 cm³/mol. The van der Waals surface area contributed by atoms with Gasteiger partial charge in [-0.05, 0) is 63.3 Å². The van der Waals surface area contributed by atoms with Crippen LogP contribution in [0.3, 0.4) is 0 Å². The standard InChI is InChI=1S/C18H34N2O/c1-3-10-19-15-12-16-5-4-6-17(13-15)20(16)14-18(7-8-18)9-11-21-2/h15-17,19H,3-14H2,1-2H3. The van der Waals surface area contributed by atoms with Crippen molar-refractivity contribution in [1.82, 2.24) is 10.2 Å². The Labute approximate surface area is 130 Å². The van der Waals surface area contributed by atoms with Crippen molar-refractivity contribution in [2.75, 3.05) is 26.8 Å². The summed E-state index contributed by atoms with van der Waals surface area (Å²) in [6.07, 6.45) is 12.5. The normalized spacial score (nSPS) is 34.9. The van der Waals surface area contributed by atoms with Gasteiger partial charge in [0.15, 0.2) is 0 Å². The average Bonchev–Trinajstić information content (AvgIpc) is 3.23. The lowest BCUT2D eigenvalue weighted by Gasteiger charge is -2.50. The first-order valence-electron chi connectivity index (χ1n) is 9.24. The highest BCUT2D eigenvalue weighted by Gasteiger charge is 2.47. The highest BCUT2D eigenvalue weighted by atomic mass is 16.5. The molecule has 2 unspecified atom stereocenters. The first-order valence-corrected chi connectivity index (χ1v) is 9.24. The van der Waals surface area contributed by atoms with Gasteiger partial charge in [0.2, 0.25) is 0 Å². The molecule has 3 fully saturated rings. The van der Waals surface area contributed by atoms with Gasteiger partial charge < -0.3 is 10.1 Å². The third-order valence-corrected chi connectivity index (χ3v) is 6.12. The summed E-state index contributed by atoms with van der Waals surface area (Å²) in [5.41, 5.74) is 0.619. The van der Waals surface area contributed by atoms with Crippen LogP contribution in [0.2, 0.25) is 0 Å². The Hall–Kier alpha value is -0.120. The fourth-order valence-corrected chi connectivity index (χ4v) is 4.62. The first kappa shape index (κ1) is 15.8. The fourth-order valence-electron chi connectivity index (χ4n) is 4.62. The number of hydrogen-bond acceptors (Lipinski definition) is 3. The lowest BCUT2D eigenvalue weighted by Crippen LogP contribution is -2.57. The summed E-state index contributed by atoms with van der Waals surface area (Å²) in [6.45, 7) is 5.77. The molecule has 2 atom stereocenters. The minimum absolute atomic E-state index is 0.619. The molecule has 0 spiro atoms. The molecule has 3 heteroatoms. The second kappa shape index (κ2) is 6.97. The van der Waals surface area contributed by atoms with E-state index in [1.807, 2.05) is 7.11 Å². The zero-order valence-corrected chi connectivity index (χ0v) is 14.1. The molecule has 1 saturated carbocycles. The highest BCUT2D eigenvalue weighted by molar-refractivity contribution is 5.02. The van der Waals surface area contributed by atoms with Crippen LogP contribution in [0.15, 0.2) is 0 Å². The molecule has 2 bridgehead atoms. The van der Waals surface area contributed by atoms with Gasteiger partial charge in [0.1, 0.15) is 0 Å². The third-order valence-electron chi connectivity index (χ3n) is 6.12. The molecule has 21 heavy (non-hydrogen) atoms. The number of methoxy groups -OCH3 is 1. The van der Waals surface area contributed by atoms with Crippen LogP contribution >= 0.6 is 0 Å². The Morgan fingerprint density at radius 3 is 2.48 bits per heavy atom. The lowest BCUT2D eigenvalue weighted by molar-refractivity contribution is 0.00408. The van der Waals surface area contributed by atoms with E-state index in [9.17, 15) is 0 Å². The molecule has 3 rings (SSSR count). The summed E-state index contributed by atoms with van der Waals surface area (Å²) in [5, 5.41) is 3.79. The number of rotatable bonds is 8. The molecule has 0 amide bonds. The van der Waals surface area contributed by atoms with Crippen LogP contribution in [0.25, 0.3) is 0 Å². The Kier molecular flexibility index (Phi) is 5.23. The van der Waals surface area contributed by atoms with Gasteiger partial charge in [-0.3, -0.25) is 4.90 Å². The minimum atomic E-state index is 0.619. The van der Waals surface area contributed by atoms with E-state index < -0.39 is 0 Å². The SMILES string of the molecule is CCCNC1CC2CCCC(C1)N2CC1(CCOC)CC1. The van der Waals surface area contributed by atoms with Gasteiger partial charge in [0.05, 0.1) is 0 Å².